The van der Waals surface area contributed by atoms with Gasteiger partial charge in [-0.3, -0.25) is 0 Å². The van der Waals surface area contributed by atoms with Gasteiger partial charge in [-0.25, -0.2) is 4.79 Å². The van der Waals surface area contributed by atoms with E-state index in [2.05, 4.69) is 19.6 Å². The summed E-state index contributed by atoms with van der Waals surface area (Å²) in [5, 5.41) is 0. The Balaban J connectivity index is 2.05. The lowest BCUT2D eigenvalue weighted by molar-refractivity contribution is -0.137. The maximum Gasteiger partial charge on any atom is 0.334 e. The van der Waals surface area contributed by atoms with E-state index < -0.39 is 0 Å². The predicted molar refractivity (Wildman–Crippen MR) is 61.8 cm³/mol. The molecule has 2 nitrogen and oxygen atoms in total. The molecular weight excluding hydrogens is 200 g/mol. The number of fused-ring (bicyclic) bond motifs is 3. The summed E-state index contributed by atoms with van der Waals surface area (Å²) in [5.74, 6) is 0.0369. The van der Waals surface area contributed by atoms with Crippen LogP contribution in [0, 0.1) is 5.92 Å². The molecular formula is C14H16O2. The Morgan fingerprint density at radius 3 is 3.06 bits per heavy atom. The topological polar surface area (TPSA) is 26.3 Å². The summed E-state index contributed by atoms with van der Waals surface area (Å²) in [6, 6.07) is 0. The highest BCUT2D eigenvalue weighted by atomic mass is 16.6. The van der Waals surface area contributed by atoms with Crippen LogP contribution in [0.3, 0.4) is 0 Å². The summed E-state index contributed by atoms with van der Waals surface area (Å²) in [5.41, 5.74) is 4.78. The maximum absolute atomic E-state index is 11.6. The normalized spacial score (nSPS) is 33.2. The van der Waals surface area contributed by atoms with Gasteiger partial charge in [0.2, 0.25) is 0 Å². The molecule has 0 bridgehead atoms. The first kappa shape index (κ1) is 9.88. The number of hydrogen-bond acceptors (Lipinski definition) is 2. The highest BCUT2D eigenvalue weighted by Gasteiger charge is 2.44. The molecule has 0 N–H and O–H groups in total. The fraction of sp³-hybridized carbons (Fsp3) is 0.500. The maximum atomic E-state index is 11.6. The van der Waals surface area contributed by atoms with Gasteiger partial charge in [0.25, 0.3) is 0 Å². The third-order valence-corrected chi connectivity index (χ3v) is 4.03. The number of hydrogen-bond donors (Lipinski definition) is 0. The van der Waals surface area contributed by atoms with Crippen LogP contribution in [-0.4, -0.2) is 12.1 Å². The lowest BCUT2D eigenvalue weighted by Gasteiger charge is -2.32. The molecule has 0 amide bonds. The van der Waals surface area contributed by atoms with Crippen LogP contribution in [0.2, 0.25) is 0 Å². The predicted octanol–water partition coefficient (Wildman–Crippen LogP) is 2.91. The quantitative estimate of drug-likeness (QED) is 0.459. The third kappa shape index (κ3) is 1.22. The molecule has 3 rings (SSSR count). The molecule has 0 radical (unpaired) electrons. The van der Waals surface area contributed by atoms with E-state index in [0.29, 0.717) is 5.57 Å². The molecule has 0 aromatic heterocycles. The molecule has 84 valence electrons. The monoisotopic (exact) mass is 216 g/mol. The summed E-state index contributed by atoms with van der Waals surface area (Å²) >= 11 is 0. The van der Waals surface area contributed by atoms with Crippen LogP contribution < -0.4 is 0 Å². The van der Waals surface area contributed by atoms with E-state index in [0.717, 1.165) is 25.7 Å². The van der Waals surface area contributed by atoms with Gasteiger partial charge in [-0.05, 0) is 43.8 Å². The van der Waals surface area contributed by atoms with E-state index in [1.54, 1.807) is 0 Å². The average molecular weight is 216 g/mol. The molecule has 0 spiro atoms. The van der Waals surface area contributed by atoms with Crippen molar-refractivity contribution >= 4 is 5.97 Å². The van der Waals surface area contributed by atoms with Gasteiger partial charge in [0, 0.05) is 11.5 Å². The van der Waals surface area contributed by atoms with Gasteiger partial charge in [-0.1, -0.05) is 18.2 Å². The second-order valence-corrected chi connectivity index (χ2v) is 4.96. The zero-order valence-corrected chi connectivity index (χ0v) is 9.58. The van der Waals surface area contributed by atoms with Crippen LogP contribution in [0.5, 0.6) is 0 Å². The number of rotatable bonds is 0. The molecule has 0 unspecified atom stereocenters. The van der Waals surface area contributed by atoms with E-state index >= 15 is 0 Å². The van der Waals surface area contributed by atoms with Crippen molar-refractivity contribution in [1.29, 1.82) is 0 Å². The average Bonchev–Trinajstić information content (AvgIpc) is 2.55. The molecule has 2 aliphatic carbocycles. The standard InChI is InChI=1S/C14H16O2/c1-8-4-3-5-10-6-7-11-9(2)14(15)16-13(11)12(8)10/h5,11,13H,2-4,6-7H2,1H3/t11-,13-/m0/s1. The molecule has 1 saturated carbocycles. The van der Waals surface area contributed by atoms with Crippen molar-refractivity contribution in [3.63, 3.8) is 0 Å². The molecule has 1 saturated heterocycles. The Morgan fingerprint density at radius 1 is 1.44 bits per heavy atom. The van der Waals surface area contributed by atoms with Crippen LogP contribution >= 0.6 is 0 Å². The Kier molecular flexibility index (Phi) is 2.06. The van der Waals surface area contributed by atoms with Crippen molar-refractivity contribution in [2.24, 2.45) is 5.92 Å². The second kappa shape index (κ2) is 3.34. The highest BCUT2D eigenvalue weighted by molar-refractivity contribution is 5.91. The van der Waals surface area contributed by atoms with Crippen molar-refractivity contribution in [3.05, 3.63) is 34.9 Å². The van der Waals surface area contributed by atoms with Gasteiger partial charge in [0.1, 0.15) is 6.10 Å². The SMILES string of the molecule is C=C1C(=O)O[C@@H]2C3=C(C)CCC=C3CC[C@@H]12. The van der Waals surface area contributed by atoms with E-state index in [-0.39, 0.29) is 18.0 Å². The zero-order valence-electron chi connectivity index (χ0n) is 9.58. The fourth-order valence-corrected chi connectivity index (χ4v) is 3.15. The fourth-order valence-electron chi connectivity index (χ4n) is 3.15. The summed E-state index contributed by atoms with van der Waals surface area (Å²) in [4.78, 5) is 11.6. The van der Waals surface area contributed by atoms with Gasteiger partial charge in [-0.2, -0.15) is 0 Å². The summed E-state index contributed by atoms with van der Waals surface area (Å²) in [7, 11) is 0. The zero-order chi connectivity index (χ0) is 11.3. The highest BCUT2D eigenvalue weighted by Crippen LogP contribution is 2.46. The first-order valence-electron chi connectivity index (χ1n) is 5.97. The van der Waals surface area contributed by atoms with E-state index in [1.807, 2.05) is 0 Å². The smallest absolute Gasteiger partial charge is 0.334 e. The number of ether oxygens (including phenoxy) is 1. The third-order valence-electron chi connectivity index (χ3n) is 4.03. The van der Waals surface area contributed by atoms with Gasteiger partial charge in [0.05, 0.1) is 0 Å². The minimum absolute atomic E-state index is 0.0275. The minimum Gasteiger partial charge on any atom is -0.453 e. The lowest BCUT2D eigenvalue weighted by Crippen LogP contribution is -2.27. The van der Waals surface area contributed by atoms with Gasteiger partial charge >= 0.3 is 5.97 Å². The first-order valence-corrected chi connectivity index (χ1v) is 5.97. The Bertz CT molecular complexity index is 440. The summed E-state index contributed by atoms with van der Waals surface area (Å²) in [6.07, 6.45) is 6.61. The van der Waals surface area contributed by atoms with Crippen molar-refractivity contribution in [2.75, 3.05) is 0 Å². The summed E-state index contributed by atoms with van der Waals surface area (Å²) in [6.45, 7) is 6.03. The number of allylic oxidation sites excluding steroid dienone is 2. The largest absolute Gasteiger partial charge is 0.453 e. The molecule has 0 aromatic rings. The molecule has 16 heavy (non-hydrogen) atoms. The summed E-state index contributed by atoms with van der Waals surface area (Å²) < 4.78 is 5.48. The van der Waals surface area contributed by atoms with Crippen LogP contribution in [0.15, 0.2) is 34.9 Å². The molecule has 1 aliphatic heterocycles. The van der Waals surface area contributed by atoms with Crippen LogP contribution in [0.4, 0.5) is 0 Å². The van der Waals surface area contributed by atoms with Crippen molar-refractivity contribution in [1.82, 2.24) is 0 Å². The van der Waals surface area contributed by atoms with E-state index in [1.165, 1.54) is 16.7 Å². The van der Waals surface area contributed by atoms with Gasteiger partial charge in [-0.15, -0.1) is 0 Å². The number of carbonyl (C=O) groups excluding carboxylic acids is 1. The van der Waals surface area contributed by atoms with Gasteiger partial charge < -0.3 is 4.74 Å². The number of carbonyl (C=O) groups is 1. The Labute approximate surface area is 95.7 Å². The first-order chi connectivity index (χ1) is 7.68. The lowest BCUT2D eigenvalue weighted by atomic mass is 9.74. The molecule has 2 heteroatoms. The Morgan fingerprint density at radius 2 is 2.25 bits per heavy atom. The van der Waals surface area contributed by atoms with E-state index in [9.17, 15) is 4.79 Å². The van der Waals surface area contributed by atoms with Crippen molar-refractivity contribution in [2.45, 2.75) is 38.7 Å². The van der Waals surface area contributed by atoms with Crippen molar-refractivity contribution < 1.29 is 9.53 Å². The second-order valence-electron chi connectivity index (χ2n) is 4.96. The molecule has 0 aromatic carbocycles. The molecule has 2 fully saturated rings. The minimum atomic E-state index is -0.192. The van der Waals surface area contributed by atoms with Crippen LogP contribution in [-0.2, 0) is 9.53 Å². The van der Waals surface area contributed by atoms with Crippen molar-refractivity contribution in [3.8, 4) is 0 Å². The van der Waals surface area contributed by atoms with Crippen LogP contribution in [0.1, 0.15) is 32.6 Å². The molecule has 3 aliphatic rings. The number of esters is 1. The van der Waals surface area contributed by atoms with E-state index in [4.69, 9.17) is 4.74 Å². The molecule has 1 heterocycles. The van der Waals surface area contributed by atoms with Gasteiger partial charge in [0.15, 0.2) is 0 Å². The molecule has 2 atom stereocenters. The Hall–Kier alpha value is -1.31. The van der Waals surface area contributed by atoms with Crippen LogP contribution in [0.25, 0.3) is 0 Å².